The molecule has 0 fully saturated rings. The number of carbonyl (C=O) groups is 1. The van der Waals surface area contributed by atoms with Crippen LogP contribution in [0.2, 0.25) is 0 Å². The van der Waals surface area contributed by atoms with Crippen LogP contribution in [0.25, 0.3) is 5.69 Å². The van der Waals surface area contributed by atoms with Gasteiger partial charge >= 0.3 is 0 Å². The lowest BCUT2D eigenvalue weighted by atomic mass is 10.1. The Morgan fingerprint density at radius 2 is 1.65 bits per heavy atom. The van der Waals surface area contributed by atoms with Crippen molar-refractivity contribution in [2.45, 2.75) is 11.8 Å². The molecular formula is C21H18N6O3S. The van der Waals surface area contributed by atoms with Gasteiger partial charge in [-0.15, -0.1) is 5.10 Å². The Morgan fingerprint density at radius 1 is 0.935 bits per heavy atom. The summed E-state index contributed by atoms with van der Waals surface area (Å²) in [5.74, 6) is -0.377. The molecular weight excluding hydrogens is 416 g/mol. The van der Waals surface area contributed by atoms with Gasteiger partial charge < -0.3 is 5.32 Å². The molecule has 0 spiro atoms. The molecule has 10 heteroatoms. The largest absolute Gasteiger partial charge is 0.320 e. The van der Waals surface area contributed by atoms with E-state index in [1.807, 2.05) is 6.92 Å². The molecule has 4 rings (SSSR count). The lowest BCUT2D eigenvalue weighted by molar-refractivity contribution is 0.102. The Hall–Kier alpha value is -4.05. The summed E-state index contributed by atoms with van der Waals surface area (Å²) >= 11 is 0. The molecule has 0 bridgehead atoms. The second-order valence-corrected chi connectivity index (χ2v) is 8.36. The van der Waals surface area contributed by atoms with Crippen molar-refractivity contribution in [1.82, 2.24) is 20.2 Å². The number of tetrazole rings is 1. The van der Waals surface area contributed by atoms with Gasteiger partial charge in [0.25, 0.3) is 15.9 Å². The molecule has 0 saturated heterocycles. The van der Waals surface area contributed by atoms with Crippen LogP contribution in [0.15, 0.2) is 84.0 Å². The minimum atomic E-state index is -3.80. The number of hydrogen-bond donors (Lipinski definition) is 2. The SMILES string of the molecule is Cc1cc(C(=O)Nc2ccccc2NS(=O)(=O)c2ccccc2)ccc1-n1cnnn1. The first-order valence-electron chi connectivity index (χ1n) is 9.26. The number of carbonyl (C=O) groups excluding carboxylic acids is 1. The Labute approximate surface area is 178 Å². The lowest BCUT2D eigenvalue weighted by Crippen LogP contribution is -2.17. The average molecular weight is 434 g/mol. The summed E-state index contributed by atoms with van der Waals surface area (Å²) in [5, 5.41) is 13.8. The van der Waals surface area contributed by atoms with Gasteiger partial charge in [0.05, 0.1) is 22.0 Å². The zero-order valence-corrected chi connectivity index (χ0v) is 17.2. The van der Waals surface area contributed by atoms with Crippen molar-refractivity contribution in [2.75, 3.05) is 10.0 Å². The van der Waals surface area contributed by atoms with E-state index in [0.29, 0.717) is 11.3 Å². The highest BCUT2D eigenvalue weighted by Crippen LogP contribution is 2.25. The molecule has 2 N–H and O–H groups in total. The molecule has 4 aromatic rings. The lowest BCUT2D eigenvalue weighted by Gasteiger charge is -2.14. The second-order valence-electron chi connectivity index (χ2n) is 6.67. The minimum Gasteiger partial charge on any atom is -0.320 e. The summed E-state index contributed by atoms with van der Waals surface area (Å²) in [6.07, 6.45) is 1.47. The predicted octanol–water partition coefficient (Wildman–Crippen LogP) is 3.02. The van der Waals surface area contributed by atoms with Crippen molar-refractivity contribution in [2.24, 2.45) is 0 Å². The van der Waals surface area contributed by atoms with Crippen LogP contribution in [0, 0.1) is 6.92 Å². The zero-order chi connectivity index (χ0) is 21.8. The van der Waals surface area contributed by atoms with E-state index in [-0.39, 0.29) is 16.5 Å². The Bertz CT molecular complexity index is 1320. The van der Waals surface area contributed by atoms with E-state index in [9.17, 15) is 13.2 Å². The number of aryl methyl sites for hydroxylation is 1. The topological polar surface area (TPSA) is 119 Å². The number of hydrogen-bond acceptors (Lipinski definition) is 6. The van der Waals surface area contributed by atoms with Gasteiger partial charge in [0.15, 0.2) is 0 Å². The number of aromatic nitrogens is 4. The number of para-hydroxylation sites is 2. The van der Waals surface area contributed by atoms with Crippen molar-refractivity contribution in [3.05, 3.63) is 90.3 Å². The summed E-state index contributed by atoms with van der Waals surface area (Å²) in [7, 11) is -3.80. The molecule has 0 atom stereocenters. The van der Waals surface area contributed by atoms with Gasteiger partial charge in [0.1, 0.15) is 6.33 Å². The molecule has 9 nitrogen and oxygen atoms in total. The molecule has 1 amide bonds. The van der Waals surface area contributed by atoms with Crippen molar-refractivity contribution in [1.29, 1.82) is 0 Å². The van der Waals surface area contributed by atoms with Gasteiger partial charge in [0.2, 0.25) is 0 Å². The highest BCUT2D eigenvalue weighted by Gasteiger charge is 2.17. The molecule has 0 radical (unpaired) electrons. The van der Waals surface area contributed by atoms with Crippen molar-refractivity contribution < 1.29 is 13.2 Å². The van der Waals surface area contributed by atoms with E-state index in [1.165, 1.54) is 23.1 Å². The van der Waals surface area contributed by atoms with Crippen LogP contribution >= 0.6 is 0 Å². The van der Waals surface area contributed by atoms with E-state index in [0.717, 1.165) is 11.3 Å². The van der Waals surface area contributed by atoms with Crippen LogP contribution in [0.4, 0.5) is 11.4 Å². The molecule has 0 aliphatic rings. The molecule has 31 heavy (non-hydrogen) atoms. The quantitative estimate of drug-likeness (QED) is 0.481. The van der Waals surface area contributed by atoms with Crippen molar-refractivity contribution in [3.63, 3.8) is 0 Å². The third-order valence-electron chi connectivity index (χ3n) is 4.53. The van der Waals surface area contributed by atoms with Gasteiger partial charge in [-0.25, -0.2) is 13.1 Å². The number of nitrogens with one attached hydrogen (secondary N) is 2. The van der Waals surface area contributed by atoms with Crippen LogP contribution < -0.4 is 10.0 Å². The van der Waals surface area contributed by atoms with Crippen LogP contribution in [-0.2, 0) is 10.0 Å². The van der Waals surface area contributed by atoms with Gasteiger partial charge in [0, 0.05) is 5.56 Å². The van der Waals surface area contributed by atoms with Crippen molar-refractivity contribution >= 4 is 27.3 Å². The van der Waals surface area contributed by atoms with Crippen LogP contribution in [-0.4, -0.2) is 34.5 Å². The second kappa shape index (κ2) is 8.36. The predicted molar refractivity (Wildman–Crippen MR) is 116 cm³/mol. The number of rotatable bonds is 6. The maximum Gasteiger partial charge on any atom is 0.261 e. The normalized spacial score (nSPS) is 11.1. The third kappa shape index (κ3) is 4.43. The van der Waals surface area contributed by atoms with E-state index in [4.69, 9.17) is 0 Å². The number of nitrogens with zero attached hydrogens (tertiary/aromatic N) is 4. The van der Waals surface area contributed by atoms with E-state index < -0.39 is 10.0 Å². The summed E-state index contributed by atoms with van der Waals surface area (Å²) < 4.78 is 29.4. The highest BCUT2D eigenvalue weighted by molar-refractivity contribution is 7.92. The number of benzene rings is 3. The first kappa shape index (κ1) is 20.2. The Kier molecular flexibility index (Phi) is 5.46. The Morgan fingerprint density at radius 3 is 2.32 bits per heavy atom. The van der Waals surface area contributed by atoms with Gasteiger partial charge in [-0.1, -0.05) is 30.3 Å². The van der Waals surface area contributed by atoms with E-state index in [2.05, 4.69) is 25.6 Å². The summed E-state index contributed by atoms with van der Waals surface area (Å²) in [5.41, 5.74) is 2.57. The number of sulfonamides is 1. The van der Waals surface area contributed by atoms with Crippen molar-refractivity contribution in [3.8, 4) is 5.69 Å². The van der Waals surface area contributed by atoms with Crippen LogP contribution in [0.3, 0.4) is 0 Å². The molecule has 1 aromatic heterocycles. The fourth-order valence-corrected chi connectivity index (χ4v) is 4.11. The molecule has 0 aliphatic heterocycles. The molecule has 0 unspecified atom stereocenters. The highest BCUT2D eigenvalue weighted by atomic mass is 32.2. The summed E-state index contributed by atoms with van der Waals surface area (Å²) in [4.78, 5) is 12.9. The zero-order valence-electron chi connectivity index (χ0n) is 16.4. The van der Waals surface area contributed by atoms with Crippen LogP contribution in [0.1, 0.15) is 15.9 Å². The molecule has 3 aromatic carbocycles. The first-order chi connectivity index (χ1) is 14.9. The minimum absolute atomic E-state index is 0.130. The molecule has 0 saturated carbocycles. The molecule has 0 aliphatic carbocycles. The monoisotopic (exact) mass is 434 g/mol. The van der Waals surface area contributed by atoms with Crippen LogP contribution in [0.5, 0.6) is 0 Å². The maximum absolute atomic E-state index is 12.8. The number of amides is 1. The van der Waals surface area contributed by atoms with E-state index in [1.54, 1.807) is 60.7 Å². The maximum atomic E-state index is 12.8. The standard InChI is InChI=1S/C21H18N6O3S/c1-15-13-16(11-12-20(15)27-14-22-25-26-27)21(28)23-18-9-5-6-10-19(18)24-31(29,30)17-7-3-2-4-8-17/h2-14,24H,1H3,(H,23,28). The van der Waals surface area contributed by atoms with Gasteiger partial charge in [-0.05, 0) is 65.4 Å². The fraction of sp³-hybridized carbons (Fsp3) is 0.0476. The van der Waals surface area contributed by atoms with Gasteiger partial charge in [-0.2, -0.15) is 0 Å². The van der Waals surface area contributed by atoms with E-state index >= 15 is 0 Å². The first-order valence-corrected chi connectivity index (χ1v) is 10.7. The average Bonchev–Trinajstić information content (AvgIpc) is 3.30. The Balaban J connectivity index is 1.57. The fourth-order valence-electron chi connectivity index (χ4n) is 3.00. The molecule has 1 heterocycles. The summed E-state index contributed by atoms with van der Waals surface area (Å²) in [6.45, 7) is 1.84. The smallest absolute Gasteiger partial charge is 0.261 e. The molecule has 156 valence electrons. The third-order valence-corrected chi connectivity index (χ3v) is 5.91. The number of anilines is 2. The van der Waals surface area contributed by atoms with Gasteiger partial charge in [-0.3, -0.25) is 9.52 Å². The summed E-state index contributed by atoms with van der Waals surface area (Å²) in [6, 6.07) is 19.7.